The van der Waals surface area contributed by atoms with Crippen molar-refractivity contribution in [1.82, 2.24) is 19.4 Å². The van der Waals surface area contributed by atoms with Gasteiger partial charge in [-0.3, -0.25) is 9.97 Å². The second-order valence-corrected chi connectivity index (χ2v) is 17.7. The van der Waals surface area contributed by atoms with Gasteiger partial charge in [-0.25, -0.2) is 16.8 Å². The number of furan rings is 2. The number of ether oxygens (including phenoxy) is 4. The molecule has 0 aliphatic carbocycles. The van der Waals surface area contributed by atoms with Crippen LogP contribution in [0, 0.1) is 0 Å². The Bertz CT molecular complexity index is 2780. The van der Waals surface area contributed by atoms with Gasteiger partial charge in [-0.1, -0.05) is 48.5 Å². The first-order valence-electron chi connectivity index (χ1n) is 19.8. The van der Waals surface area contributed by atoms with Crippen molar-refractivity contribution in [3.05, 3.63) is 169 Å². The zero-order chi connectivity index (χ0) is 42.5. The molecule has 0 saturated heterocycles. The first-order valence-corrected chi connectivity index (χ1v) is 22.8. The summed E-state index contributed by atoms with van der Waals surface area (Å²) in [5.74, 6) is 2.82. The molecule has 0 radical (unpaired) electrons. The Morgan fingerprint density at radius 2 is 0.855 bits per heavy atom. The average molecular weight is 873 g/mol. The van der Waals surface area contributed by atoms with Crippen LogP contribution in [0.5, 0.6) is 23.0 Å². The quantitative estimate of drug-likeness (QED) is 0.135. The van der Waals surface area contributed by atoms with E-state index in [9.17, 15) is 16.8 Å². The normalized spacial score (nSPS) is 14.8. The molecule has 0 spiro atoms. The highest BCUT2D eigenvalue weighted by atomic mass is 32.2. The average Bonchev–Trinajstić information content (AvgIpc) is 3.75. The van der Waals surface area contributed by atoms with Gasteiger partial charge in [0.2, 0.25) is 20.0 Å². The minimum Gasteiger partial charge on any atom is -0.490 e. The highest BCUT2D eigenvalue weighted by Gasteiger charge is 2.30. The number of hydrogen-bond acceptors (Lipinski definition) is 12. The van der Waals surface area contributed by atoms with Crippen LogP contribution < -0.4 is 28.4 Å². The van der Waals surface area contributed by atoms with Crippen LogP contribution in [0.3, 0.4) is 0 Å². The maximum absolute atomic E-state index is 13.3. The van der Waals surface area contributed by atoms with Crippen LogP contribution in [0.2, 0.25) is 0 Å². The van der Waals surface area contributed by atoms with E-state index in [0.29, 0.717) is 83.5 Å². The molecule has 2 N–H and O–H groups in total. The van der Waals surface area contributed by atoms with E-state index in [1.807, 2.05) is 60.7 Å². The molecular weight excluding hydrogens is 833 g/mol. The molecule has 0 fully saturated rings. The molecule has 4 aromatic carbocycles. The molecule has 316 valence electrons. The fourth-order valence-corrected chi connectivity index (χ4v) is 9.36. The maximum Gasteiger partial charge on any atom is 0.241 e. The minimum atomic E-state index is -3.92. The van der Waals surface area contributed by atoms with Crippen molar-refractivity contribution in [1.29, 1.82) is 0 Å². The first kappa shape index (κ1) is 40.7. The second-order valence-electron chi connectivity index (χ2n) is 14.3. The maximum atomic E-state index is 13.3. The van der Waals surface area contributed by atoms with Crippen molar-refractivity contribution in [2.75, 3.05) is 26.4 Å². The summed E-state index contributed by atoms with van der Waals surface area (Å²) >= 11 is 0. The van der Waals surface area contributed by atoms with Crippen LogP contribution in [0.4, 0.5) is 0 Å². The van der Waals surface area contributed by atoms with Gasteiger partial charge in [-0.2, -0.15) is 9.44 Å². The summed E-state index contributed by atoms with van der Waals surface area (Å²) in [6.45, 7) is 2.01. The van der Waals surface area contributed by atoms with E-state index >= 15 is 0 Å². The molecule has 0 saturated carbocycles. The number of aromatic nitrogens is 2. The predicted octanol–water partition coefficient (Wildman–Crippen LogP) is 8.11. The van der Waals surface area contributed by atoms with Gasteiger partial charge in [0, 0.05) is 48.1 Å². The van der Waals surface area contributed by atoms with E-state index in [4.69, 9.17) is 27.8 Å². The van der Waals surface area contributed by atoms with Crippen LogP contribution in [-0.4, -0.2) is 53.2 Å². The Morgan fingerprint density at radius 1 is 0.452 bits per heavy atom. The molecule has 0 unspecified atom stereocenters. The molecule has 6 heterocycles. The van der Waals surface area contributed by atoms with Crippen LogP contribution in [0.25, 0.3) is 21.9 Å². The lowest BCUT2D eigenvalue weighted by atomic mass is 10.1. The van der Waals surface area contributed by atoms with Crippen molar-refractivity contribution in [3.63, 3.8) is 0 Å². The molecule has 14 nitrogen and oxygen atoms in total. The number of nitrogens with zero attached hydrogens (tertiary/aromatic N) is 2. The molecule has 2 atom stereocenters. The molecule has 4 aromatic heterocycles. The largest absolute Gasteiger partial charge is 0.490 e. The Kier molecular flexibility index (Phi) is 11.6. The van der Waals surface area contributed by atoms with Gasteiger partial charge in [0.25, 0.3) is 0 Å². The van der Waals surface area contributed by atoms with Crippen LogP contribution in [0.15, 0.2) is 164 Å². The smallest absolute Gasteiger partial charge is 0.241 e. The van der Waals surface area contributed by atoms with Crippen molar-refractivity contribution in [3.8, 4) is 23.0 Å². The molecule has 0 bridgehead atoms. The molecule has 2 aliphatic heterocycles. The summed E-state index contributed by atoms with van der Waals surface area (Å²) < 4.78 is 93.1. The predicted molar refractivity (Wildman–Crippen MR) is 229 cm³/mol. The van der Waals surface area contributed by atoms with E-state index in [1.54, 1.807) is 60.9 Å². The lowest BCUT2D eigenvalue weighted by Crippen LogP contribution is -2.29. The van der Waals surface area contributed by atoms with Gasteiger partial charge in [0.1, 0.15) is 34.8 Å². The Labute approximate surface area is 357 Å². The zero-order valence-corrected chi connectivity index (χ0v) is 34.7. The lowest BCUT2D eigenvalue weighted by Gasteiger charge is -2.17. The zero-order valence-electron chi connectivity index (χ0n) is 33.0. The minimum absolute atomic E-state index is 0.0776. The van der Waals surface area contributed by atoms with Crippen molar-refractivity contribution in [2.45, 2.75) is 34.7 Å². The number of rotatable bonds is 10. The SMILES string of the molecule is O=S(=O)(N[C@@H](c1ccccn1)c1cc2ccccc2o1)c1ccc2c(c1)OCCCO2.O=S(=O)(N[C@H](c1ccccn1)c1cc2ccccc2o1)c1ccc2c(c1)OCCCO2. The highest BCUT2D eigenvalue weighted by Crippen LogP contribution is 2.36. The van der Waals surface area contributed by atoms with E-state index in [2.05, 4.69) is 19.4 Å². The van der Waals surface area contributed by atoms with Gasteiger partial charge in [0.05, 0.1) is 47.6 Å². The van der Waals surface area contributed by atoms with Crippen molar-refractivity contribution >= 4 is 42.0 Å². The highest BCUT2D eigenvalue weighted by molar-refractivity contribution is 7.89. The van der Waals surface area contributed by atoms with E-state index in [1.165, 1.54) is 24.3 Å². The van der Waals surface area contributed by atoms with Crippen LogP contribution in [0.1, 0.15) is 47.8 Å². The first-order chi connectivity index (χ1) is 30.2. The molecule has 2 aliphatic rings. The van der Waals surface area contributed by atoms with E-state index < -0.39 is 32.1 Å². The van der Waals surface area contributed by atoms with Gasteiger partial charge >= 0.3 is 0 Å². The standard InChI is InChI=1S/2C23H20N2O5S/c2*26-31(27,17-9-10-20-21(15-17)29-13-5-12-28-20)25-23(18-7-3-4-11-24-18)22-14-16-6-1-2-8-19(16)30-22/h2*1-4,6-11,14-15,23,25H,5,12-13H2/t2*23-/m10/s1. The Hall–Kier alpha value is -6.72. The number of pyridine rings is 2. The third kappa shape index (κ3) is 8.99. The molecular formula is C46H40N4O10S2. The van der Waals surface area contributed by atoms with Crippen molar-refractivity contribution in [2.24, 2.45) is 0 Å². The molecule has 62 heavy (non-hydrogen) atoms. The van der Waals surface area contributed by atoms with Gasteiger partial charge in [0.15, 0.2) is 23.0 Å². The molecule has 0 amide bonds. The summed E-state index contributed by atoms with van der Waals surface area (Å²) in [6.07, 6.45) is 4.71. The number of benzene rings is 4. The van der Waals surface area contributed by atoms with Gasteiger partial charge < -0.3 is 27.8 Å². The monoisotopic (exact) mass is 872 g/mol. The molecule has 10 rings (SSSR count). The number of fused-ring (bicyclic) bond motifs is 4. The number of sulfonamides is 2. The van der Waals surface area contributed by atoms with Crippen LogP contribution >= 0.6 is 0 Å². The summed E-state index contributed by atoms with van der Waals surface area (Å²) in [5.41, 5.74) is 2.40. The molecule has 16 heteroatoms. The topological polar surface area (TPSA) is 181 Å². The summed E-state index contributed by atoms with van der Waals surface area (Å²) in [5, 5.41) is 1.77. The van der Waals surface area contributed by atoms with Crippen molar-refractivity contribution < 1.29 is 44.6 Å². The lowest BCUT2D eigenvalue weighted by molar-refractivity contribution is 0.296. The van der Waals surface area contributed by atoms with Crippen LogP contribution in [-0.2, 0) is 20.0 Å². The summed E-state index contributed by atoms with van der Waals surface area (Å²) in [4.78, 5) is 8.86. The van der Waals surface area contributed by atoms with E-state index in [0.717, 1.165) is 23.6 Å². The number of nitrogens with one attached hydrogen (secondary N) is 2. The number of hydrogen-bond donors (Lipinski definition) is 2. The second kappa shape index (κ2) is 17.7. The van der Waals surface area contributed by atoms with E-state index in [-0.39, 0.29) is 9.79 Å². The fourth-order valence-electron chi connectivity index (χ4n) is 6.98. The third-order valence-electron chi connectivity index (χ3n) is 10.0. The molecule has 8 aromatic rings. The van der Waals surface area contributed by atoms with Gasteiger partial charge in [-0.05, 0) is 72.8 Å². The fraction of sp³-hybridized carbons (Fsp3) is 0.174. The number of para-hydroxylation sites is 2. The third-order valence-corrected chi connectivity index (χ3v) is 12.9. The Balaban J connectivity index is 0.000000158. The summed E-state index contributed by atoms with van der Waals surface area (Å²) in [6, 6.07) is 37.0. The Morgan fingerprint density at radius 3 is 1.26 bits per heavy atom. The summed E-state index contributed by atoms with van der Waals surface area (Å²) in [7, 11) is -7.85. The van der Waals surface area contributed by atoms with Gasteiger partial charge in [-0.15, -0.1) is 0 Å².